The molecule has 0 radical (unpaired) electrons. The SMILES string of the molecule is Ic1ccc(-c2ncc(OCCC3CCNCC3)nc2-c2ccc(I)cc2)cc1. The van der Waals surface area contributed by atoms with Gasteiger partial charge in [0.1, 0.15) is 5.69 Å². The average molecular weight is 611 g/mol. The lowest BCUT2D eigenvalue weighted by atomic mass is 9.95. The standard InChI is InChI=1S/C23H23I2N3O/c24-19-5-1-17(2-6-19)22-23(18-3-7-20(25)8-4-18)28-21(15-27-22)29-14-11-16-9-12-26-13-10-16/h1-8,15-16,26H,9-14H2. The van der Waals surface area contributed by atoms with E-state index < -0.39 is 0 Å². The van der Waals surface area contributed by atoms with E-state index in [9.17, 15) is 0 Å². The molecule has 1 aliphatic rings. The molecule has 2 aromatic carbocycles. The maximum atomic E-state index is 6.01. The van der Waals surface area contributed by atoms with Crippen LogP contribution < -0.4 is 10.1 Å². The average Bonchev–Trinajstić information content (AvgIpc) is 2.76. The molecule has 1 N–H and O–H groups in total. The lowest BCUT2D eigenvalue weighted by molar-refractivity contribution is 0.245. The second-order valence-electron chi connectivity index (χ2n) is 7.25. The fourth-order valence-electron chi connectivity index (χ4n) is 3.57. The monoisotopic (exact) mass is 611 g/mol. The summed E-state index contributed by atoms with van der Waals surface area (Å²) in [4.78, 5) is 9.59. The van der Waals surface area contributed by atoms with Crippen molar-refractivity contribution in [3.05, 3.63) is 61.9 Å². The molecule has 1 aromatic heterocycles. The third-order valence-corrected chi connectivity index (χ3v) is 6.66. The fourth-order valence-corrected chi connectivity index (χ4v) is 4.29. The highest BCUT2D eigenvalue weighted by atomic mass is 127. The van der Waals surface area contributed by atoms with E-state index in [0.717, 1.165) is 47.9 Å². The Morgan fingerprint density at radius 1 is 0.862 bits per heavy atom. The zero-order chi connectivity index (χ0) is 20.1. The van der Waals surface area contributed by atoms with Gasteiger partial charge in [0.15, 0.2) is 0 Å². The molecule has 0 unspecified atom stereocenters. The summed E-state index contributed by atoms with van der Waals surface area (Å²) < 4.78 is 8.41. The molecule has 4 nitrogen and oxygen atoms in total. The topological polar surface area (TPSA) is 47.0 Å². The first kappa shape index (κ1) is 21.0. The number of benzene rings is 2. The number of aromatic nitrogens is 2. The predicted molar refractivity (Wildman–Crippen MR) is 134 cm³/mol. The van der Waals surface area contributed by atoms with Gasteiger partial charge in [0.05, 0.1) is 18.5 Å². The van der Waals surface area contributed by atoms with Crippen molar-refractivity contribution in [3.8, 4) is 28.4 Å². The Kier molecular flexibility index (Phi) is 7.36. The minimum Gasteiger partial charge on any atom is -0.477 e. The van der Waals surface area contributed by atoms with Crippen LogP contribution in [0.15, 0.2) is 54.7 Å². The van der Waals surface area contributed by atoms with Crippen LogP contribution in [-0.4, -0.2) is 29.7 Å². The first-order valence-electron chi connectivity index (χ1n) is 9.91. The number of rotatable bonds is 6. The molecule has 0 amide bonds. The van der Waals surface area contributed by atoms with Gasteiger partial charge in [0.25, 0.3) is 0 Å². The first-order chi connectivity index (χ1) is 14.2. The van der Waals surface area contributed by atoms with Crippen LogP contribution in [0.4, 0.5) is 0 Å². The highest BCUT2D eigenvalue weighted by molar-refractivity contribution is 14.1. The number of piperidine rings is 1. The molecule has 4 rings (SSSR count). The van der Waals surface area contributed by atoms with Crippen LogP contribution in [0, 0.1) is 13.1 Å². The van der Waals surface area contributed by atoms with Gasteiger partial charge in [0, 0.05) is 18.3 Å². The Balaban J connectivity index is 1.58. The molecule has 3 aromatic rings. The highest BCUT2D eigenvalue weighted by Gasteiger charge is 2.15. The number of hydrogen-bond acceptors (Lipinski definition) is 4. The van der Waals surface area contributed by atoms with Crippen LogP contribution in [0.5, 0.6) is 5.88 Å². The summed E-state index contributed by atoms with van der Waals surface area (Å²) >= 11 is 4.64. The molecule has 1 fully saturated rings. The largest absolute Gasteiger partial charge is 0.477 e. The molecule has 1 saturated heterocycles. The summed E-state index contributed by atoms with van der Waals surface area (Å²) in [6.45, 7) is 2.92. The van der Waals surface area contributed by atoms with E-state index in [-0.39, 0.29) is 0 Å². The molecule has 6 heteroatoms. The lowest BCUT2D eigenvalue weighted by Gasteiger charge is -2.22. The van der Waals surface area contributed by atoms with Crippen molar-refractivity contribution in [2.24, 2.45) is 5.92 Å². The van der Waals surface area contributed by atoms with Gasteiger partial charge in [-0.1, -0.05) is 24.3 Å². The maximum Gasteiger partial charge on any atom is 0.232 e. The molecule has 0 atom stereocenters. The van der Waals surface area contributed by atoms with Gasteiger partial charge in [-0.2, -0.15) is 0 Å². The number of halogens is 2. The first-order valence-corrected chi connectivity index (χ1v) is 12.1. The molecule has 0 aliphatic carbocycles. The van der Waals surface area contributed by atoms with Crippen LogP contribution in [0.25, 0.3) is 22.5 Å². The van der Waals surface area contributed by atoms with Gasteiger partial charge in [0.2, 0.25) is 5.88 Å². The van der Waals surface area contributed by atoms with Gasteiger partial charge in [-0.15, -0.1) is 0 Å². The Morgan fingerprint density at radius 3 is 2.07 bits per heavy atom. The quantitative estimate of drug-likeness (QED) is 0.359. The molecule has 0 spiro atoms. The van der Waals surface area contributed by atoms with Gasteiger partial charge in [-0.05, 0) is 108 Å². The smallest absolute Gasteiger partial charge is 0.232 e. The second kappa shape index (κ2) is 10.2. The normalized spacial score (nSPS) is 14.7. The minimum atomic E-state index is 0.599. The van der Waals surface area contributed by atoms with E-state index in [1.54, 1.807) is 6.20 Å². The third-order valence-electron chi connectivity index (χ3n) is 5.22. The van der Waals surface area contributed by atoms with Crippen molar-refractivity contribution < 1.29 is 4.74 Å². The van der Waals surface area contributed by atoms with Crippen molar-refractivity contribution >= 4 is 45.2 Å². The van der Waals surface area contributed by atoms with Crippen LogP contribution >= 0.6 is 45.2 Å². The summed E-state index contributed by atoms with van der Waals surface area (Å²) in [6, 6.07) is 16.8. The summed E-state index contributed by atoms with van der Waals surface area (Å²) in [5, 5.41) is 3.41. The Bertz CT molecular complexity index is 939. The van der Waals surface area contributed by atoms with Crippen LogP contribution in [0.3, 0.4) is 0 Å². The van der Waals surface area contributed by atoms with Crippen LogP contribution in [-0.2, 0) is 0 Å². The van der Waals surface area contributed by atoms with Crippen molar-refractivity contribution in [2.45, 2.75) is 19.3 Å². The van der Waals surface area contributed by atoms with Gasteiger partial charge < -0.3 is 10.1 Å². The number of nitrogens with zero attached hydrogens (tertiary/aromatic N) is 2. The fraction of sp³-hybridized carbons (Fsp3) is 0.304. The molecule has 1 aliphatic heterocycles. The summed E-state index contributed by atoms with van der Waals surface area (Å²) in [5.74, 6) is 1.34. The number of ether oxygens (including phenoxy) is 1. The van der Waals surface area contributed by atoms with Gasteiger partial charge in [-0.25, -0.2) is 9.97 Å². The zero-order valence-electron chi connectivity index (χ0n) is 16.1. The maximum absolute atomic E-state index is 6.01. The Morgan fingerprint density at radius 2 is 1.45 bits per heavy atom. The van der Waals surface area contributed by atoms with Crippen molar-refractivity contribution in [1.82, 2.24) is 15.3 Å². The summed E-state index contributed by atoms with van der Waals surface area (Å²) in [7, 11) is 0. The lowest BCUT2D eigenvalue weighted by Crippen LogP contribution is -2.28. The van der Waals surface area contributed by atoms with E-state index in [1.165, 1.54) is 20.0 Å². The van der Waals surface area contributed by atoms with Crippen LogP contribution in [0.1, 0.15) is 19.3 Å². The number of hydrogen-bond donors (Lipinski definition) is 1. The summed E-state index contributed by atoms with van der Waals surface area (Å²) in [5.41, 5.74) is 3.86. The van der Waals surface area contributed by atoms with E-state index in [4.69, 9.17) is 14.7 Å². The van der Waals surface area contributed by atoms with Crippen molar-refractivity contribution in [1.29, 1.82) is 0 Å². The van der Waals surface area contributed by atoms with Gasteiger partial charge in [-0.3, -0.25) is 0 Å². The molecule has 29 heavy (non-hydrogen) atoms. The predicted octanol–water partition coefficient (Wildman–Crippen LogP) is 5.79. The molecule has 0 saturated carbocycles. The summed E-state index contributed by atoms with van der Waals surface area (Å²) in [6.07, 6.45) is 5.29. The van der Waals surface area contributed by atoms with Gasteiger partial charge >= 0.3 is 0 Å². The van der Waals surface area contributed by atoms with Crippen molar-refractivity contribution in [2.75, 3.05) is 19.7 Å². The number of nitrogens with one attached hydrogen (secondary N) is 1. The molecule has 2 heterocycles. The molecule has 0 bridgehead atoms. The molecular formula is C23H23I2N3O. The third kappa shape index (κ3) is 5.67. The second-order valence-corrected chi connectivity index (χ2v) is 9.74. The Labute approximate surface area is 199 Å². The van der Waals surface area contributed by atoms with E-state index in [2.05, 4.69) is 99.0 Å². The minimum absolute atomic E-state index is 0.599. The van der Waals surface area contributed by atoms with Crippen molar-refractivity contribution in [3.63, 3.8) is 0 Å². The highest BCUT2D eigenvalue weighted by Crippen LogP contribution is 2.31. The zero-order valence-corrected chi connectivity index (χ0v) is 20.4. The Hall–Kier alpha value is -1.26. The van der Waals surface area contributed by atoms with E-state index in [0.29, 0.717) is 12.5 Å². The van der Waals surface area contributed by atoms with E-state index in [1.807, 2.05) is 0 Å². The molecular weight excluding hydrogens is 588 g/mol. The van der Waals surface area contributed by atoms with E-state index >= 15 is 0 Å². The van der Waals surface area contributed by atoms with Crippen LogP contribution in [0.2, 0.25) is 0 Å². The molecule has 150 valence electrons.